The fourth-order valence-electron chi connectivity index (χ4n) is 2.06. The lowest BCUT2D eigenvalue weighted by Gasteiger charge is -2.08. The molecule has 0 bridgehead atoms. The molecule has 0 spiro atoms. The van der Waals surface area contributed by atoms with Crippen molar-refractivity contribution in [1.29, 1.82) is 0 Å². The summed E-state index contributed by atoms with van der Waals surface area (Å²) in [6, 6.07) is 0. The Bertz CT molecular complexity index is 549. The topological polar surface area (TPSA) is 95.5 Å². The molecule has 0 aliphatic heterocycles. The molecule has 1 aliphatic rings. The highest BCUT2D eigenvalue weighted by Crippen LogP contribution is 2.38. The zero-order valence-electron chi connectivity index (χ0n) is 10.3. The van der Waals surface area contributed by atoms with Crippen LogP contribution in [0.15, 0.2) is 0 Å². The number of fused-ring (bicyclic) bond motifs is 1. The highest BCUT2D eigenvalue weighted by Gasteiger charge is 2.25. The fourth-order valence-corrected chi connectivity index (χ4v) is 3.33. The van der Waals surface area contributed by atoms with Crippen LogP contribution in [-0.4, -0.2) is 24.5 Å². The summed E-state index contributed by atoms with van der Waals surface area (Å²) >= 11 is 1.18. The third-order valence-electron chi connectivity index (χ3n) is 2.81. The van der Waals surface area contributed by atoms with Crippen LogP contribution in [-0.2, 0) is 27.2 Å². The maximum Gasteiger partial charge on any atom is 0.397 e. The van der Waals surface area contributed by atoms with Crippen LogP contribution < -0.4 is 10.4 Å². The second kappa shape index (κ2) is 5.40. The number of ether oxygens (including phenoxy) is 1. The minimum atomic E-state index is -1.33. The molecule has 1 aromatic rings. The van der Waals surface area contributed by atoms with E-state index in [2.05, 4.69) is 10.1 Å². The van der Waals surface area contributed by atoms with Crippen molar-refractivity contribution in [2.24, 2.45) is 0 Å². The van der Waals surface area contributed by atoms with Gasteiger partial charge in [-0.1, -0.05) is 0 Å². The van der Waals surface area contributed by atoms with Gasteiger partial charge < -0.3 is 20.0 Å². The van der Waals surface area contributed by atoms with Gasteiger partial charge in [-0.05, 0) is 31.7 Å². The summed E-state index contributed by atoms with van der Waals surface area (Å²) in [6.45, 7) is 1.66. The molecule has 0 aromatic carbocycles. The molecular formula is C12H12NO5S-. The van der Waals surface area contributed by atoms with Gasteiger partial charge >= 0.3 is 11.9 Å². The molecule has 102 valence electrons. The van der Waals surface area contributed by atoms with Crippen LogP contribution in [0.25, 0.3) is 0 Å². The molecule has 7 heteroatoms. The third kappa shape index (κ3) is 2.60. The maximum absolute atomic E-state index is 11.5. The predicted molar refractivity (Wildman–Crippen MR) is 65.9 cm³/mol. The summed E-state index contributed by atoms with van der Waals surface area (Å²) in [6.07, 6.45) is 2.34. The summed E-state index contributed by atoms with van der Waals surface area (Å²) in [4.78, 5) is 34.8. The first-order valence-corrected chi connectivity index (χ1v) is 6.70. The normalized spacial score (nSPS) is 12.9. The Kier molecular flexibility index (Phi) is 3.84. The van der Waals surface area contributed by atoms with E-state index < -0.39 is 17.8 Å². The number of aryl methyl sites for hydroxylation is 1. The molecule has 1 N–H and O–H groups in total. The van der Waals surface area contributed by atoms with E-state index in [9.17, 15) is 19.5 Å². The molecule has 6 nitrogen and oxygen atoms in total. The highest BCUT2D eigenvalue weighted by atomic mass is 32.1. The Morgan fingerprint density at radius 3 is 2.74 bits per heavy atom. The van der Waals surface area contributed by atoms with Crippen molar-refractivity contribution in [2.75, 3.05) is 11.9 Å². The van der Waals surface area contributed by atoms with Crippen molar-refractivity contribution in [3.63, 3.8) is 0 Å². The van der Waals surface area contributed by atoms with E-state index in [-0.39, 0.29) is 17.2 Å². The minimum Gasteiger partial charge on any atom is -0.545 e. The van der Waals surface area contributed by atoms with Crippen molar-refractivity contribution in [1.82, 2.24) is 0 Å². The quantitative estimate of drug-likeness (QED) is 0.626. The van der Waals surface area contributed by atoms with Gasteiger partial charge in [0.15, 0.2) is 0 Å². The monoisotopic (exact) mass is 282 g/mol. The van der Waals surface area contributed by atoms with E-state index >= 15 is 0 Å². The first kappa shape index (κ1) is 13.5. The van der Waals surface area contributed by atoms with Gasteiger partial charge in [-0.25, -0.2) is 4.79 Å². The SMILES string of the molecule is CCOC(=O)C(=O)Nc1sc2c(c1C(=O)[O-])CCC2. The molecule has 0 atom stereocenters. The number of hydrogen-bond acceptors (Lipinski definition) is 6. The molecule has 1 amide bonds. The summed E-state index contributed by atoms with van der Waals surface area (Å²) in [5.41, 5.74) is 0.708. The van der Waals surface area contributed by atoms with Crippen LogP contribution >= 0.6 is 11.3 Å². The first-order valence-electron chi connectivity index (χ1n) is 5.88. The highest BCUT2D eigenvalue weighted by molar-refractivity contribution is 7.17. The Balaban J connectivity index is 2.24. The molecule has 19 heavy (non-hydrogen) atoms. The second-order valence-electron chi connectivity index (χ2n) is 4.02. The smallest absolute Gasteiger partial charge is 0.397 e. The number of nitrogens with one attached hydrogen (secondary N) is 1. The Hall–Kier alpha value is -1.89. The summed E-state index contributed by atoms with van der Waals surface area (Å²) in [5.74, 6) is -3.33. The van der Waals surface area contributed by atoms with Gasteiger partial charge in [-0.3, -0.25) is 4.79 Å². The van der Waals surface area contributed by atoms with Gasteiger partial charge in [0.2, 0.25) is 0 Å². The van der Waals surface area contributed by atoms with Gasteiger partial charge in [0, 0.05) is 10.4 Å². The average Bonchev–Trinajstić information content (AvgIpc) is 2.88. The van der Waals surface area contributed by atoms with E-state index in [1.54, 1.807) is 6.92 Å². The molecule has 2 rings (SSSR count). The van der Waals surface area contributed by atoms with E-state index in [1.807, 2.05) is 0 Å². The third-order valence-corrected chi connectivity index (χ3v) is 4.02. The molecular weight excluding hydrogens is 270 g/mol. The molecule has 0 radical (unpaired) electrons. The molecule has 1 aromatic heterocycles. The van der Waals surface area contributed by atoms with E-state index in [4.69, 9.17) is 0 Å². The molecule has 0 unspecified atom stereocenters. The zero-order valence-corrected chi connectivity index (χ0v) is 11.1. The lowest BCUT2D eigenvalue weighted by Crippen LogP contribution is -2.28. The van der Waals surface area contributed by atoms with Gasteiger partial charge in [0.1, 0.15) is 5.00 Å². The van der Waals surface area contributed by atoms with Gasteiger partial charge in [0.05, 0.1) is 12.6 Å². The van der Waals surface area contributed by atoms with Crippen molar-refractivity contribution >= 4 is 34.2 Å². The van der Waals surface area contributed by atoms with Crippen LogP contribution in [0.4, 0.5) is 5.00 Å². The number of thiophene rings is 1. The van der Waals surface area contributed by atoms with E-state index in [1.165, 1.54) is 11.3 Å². The summed E-state index contributed by atoms with van der Waals surface area (Å²) in [5, 5.41) is 13.6. The van der Waals surface area contributed by atoms with Crippen molar-refractivity contribution < 1.29 is 24.2 Å². The molecule has 0 saturated heterocycles. The number of carbonyl (C=O) groups is 3. The second-order valence-corrected chi connectivity index (χ2v) is 5.13. The standard InChI is InChI=1S/C12H13NO5S/c1-2-18-12(17)9(14)13-10-8(11(15)16)6-4-3-5-7(6)19-10/h2-5H2,1H3,(H,13,14)(H,15,16)/p-1. The number of rotatable bonds is 3. The molecule has 0 fully saturated rings. The van der Waals surface area contributed by atoms with Crippen LogP contribution in [0.1, 0.15) is 34.1 Å². The first-order chi connectivity index (χ1) is 9.04. The predicted octanol–water partition coefficient (Wildman–Crippen LogP) is 0.102. The minimum absolute atomic E-state index is 0.00449. The van der Waals surface area contributed by atoms with Crippen molar-refractivity contribution in [2.45, 2.75) is 26.2 Å². The Labute approximate surface area is 113 Å². The maximum atomic E-state index is 11.5. The van der Waals surface area contributed by atoms with Gasteiger partial charge in [0.25, 0.3) is 0 Å². The van der Waals surface area contributed by atoms with Gasteiger partial charge in [-0.15, -0.1) is 11.3 Å². The number of carboxylic acid groups (broad SMARTS) is 1. The zero-order chi connectivity index (χ0) is 14.0. The Morgan fingerprint density at radius 2 is 2.11 bits per heavy atom. The van der Waals surface area contributed by atoms with Gasteiger partial charge in [-0.2, -0.15) is 0 Å². The number of hydrogen-bond donors (Lipinski definition) is 1. The number of amides is 1. The number of anilines is 1. The molecule has 1 aliphatic carbocycles. The van der Waals surface area contributed by atoms with Crippen LogP contribution in [0.5, 0.6) is 0 Å². The summed E-state index contributed by atoms with van der Waals surface area (Å²) in [7, 11) is 0. The van der Waals surface area contributed by atoms with E-state index in [0.29, 0.717) is 12.0 Å². The summed E-state index contributed by atoms with van der Waals surface area (Å²) < 4.78 is 4.54. The lowest BCUT2D eigenvalue weighted by atomic mass is 10.1. The van der Waals surface area contributed by atoms with Crippen LogP contribution in [0, 0.1) is 0 Å². The lowest BCUT2D eigenvalue weighted by molar-refractivity contribution is -0.254. The number of esters is 1. The van der Waals surface area contributed by atoms with Crippen molar-refractivity contribution in [3.8, 4) is 0 Å². The van der Waals surface area contributed by atoms with Crippen LogP contribution in [0.3, 0.4) is 0 Å². The molecule has 0 saturated carbocycles. The average molecular weight is 282 g/mol. The van der Waals surface area contributed by atoms with E-state index in [0.717, 1.165) is 17.7 Å². The molecule has 1 heterocycles. The number of carbonyl (C=O) groups excluding carboxylic acids is 3. The van der Waals surface area contributed by atoms with Crippen molar-refractivity contribution in [3.05, 3.63) is 16.0 Å². The number of carboxylic acids is 1. The Morgan fingerprint density at radius 1 is 1.37 bits per heavy atom. The fraction of sp³-hybridized carbons (Fsp3) is 0.417. The largest absolute Gasteiger partial charge is 0.545 e. The van der Waals surface area contributed by atoms with Crippen LogP contribution in [0.2, 0.25) is 0 Å². The number of aromatic carboxylic acids is 1.